The quantitative estimate of drug-likeness (QED) is 0.296. The second-order valence-corrected chi connectivity index (χ2v) is 9.14. The molecule has 3 aromatic carbocycles. The molecule has 0 N–H and O–H groups in total. The van der Waals surface area contributed by atoms with E-state index in [-0.39, 0.29) is 11.8 Å². The summed E-state index contributed by atoms with van der Waals surface area (Å²) in [5.41, 5.74) is 1.71. The molecule has 1 fully saturated rings. The summed E-state index contributed by atoms with van der Waals surface area (Å²) in [5.74, 6) is 1.79. The SMILES string of the molecule is C[C@H](COc1ccccc1)COc1ccc(/C=C2\SC(=S)N(c3ccccc3)C2=O)cc1. The van der Waals surface area contributed by atoms with E-state index in [1.165, 1.54) is 11.8 Å². The summed E-state index contributed by atoms with van der Waals surface area (Å²) in [6.45, 7) is 3.24. The van der Waals surface area contributed by atoms with Crippen LogP contribution in [0.4, 0.5) is 5.69 Å². The van der Waals surface area contributed by atoms with E-state index in [2.05, 4.69) is 6.92 Å². The largest absolute Gasteiger partial charge is 0.493 e. The molecule has 32 heavy (non-hydrogen) atoms. The van der Waals surface area contributed by atoms with E-state index < -0.39 is 0 Å². The Morgan fingerprint density at radius 1 is 0.875 bits per heavy atom. The number of benzene rings is 3. The second-order valence-electron chi connectivity index (χ2n) is 7.46. The van der Waals surface area contributed by atoms with Crippen LogP contribution >= 0.6 is 24.0 Å². The summed E-state index contributed by atoms with van der Waals surface area (Å²) in [4.78, 5) is 15.0. The van der Waals surface area contributed by atoms with Crippen molar-refractivity contribution in [3.8, 4) is 11.5 Å². The highest BCUT2D eigenvalue weighted by molar-refractivity contribution is 8.27. The van der Waals surface area contributed by atoms with Gasteiger partial charge in [-0.25, -0.2) is 0 Å². The number of carbonyl (C=O) groups is 1. The Hall–Kier alpha value is -3.09. The summed E-state index contributed by atoms with van der Waals surface area (Å²) in [6, 6.07) is 26.9. The van der Waals surface area contributed by atoms with Gasteiger partial charge in [-0.1, -0.05) is 79.4 Å². The van der Waals surface area contributed by atoms with Crippen LogP contribution in [-0.4, -0.2) is 23.4 Å². The molecule has 0 saturated carbocycles. The zero-order valence-electron chi connectivity index (χ0n) is 17.6. The van der Waals surface area contributed by atoms with Gasteiger partial charge in [-0.15, -0.1) is 0 Å². The van der Waals surface area contributed by atoms with E-state index in [4.69, 9.17) is 21.7 Å². The molecule has 162 valence electrons. The molecule has 0 aromatic heterocycles. The number of nitrogens with zero attached hydrogens (tertiary/aromatic N) is 1. The highest BCUT2D eigenvalue weighted by Crippen LogP contribution is 2.36. The molecule has 1 heterocycles. The van der Waals surface area contributed by atoms with Gasteiger partial charge in [0.05, 0.1) is 23.8 Å². The van der Waals surface area contributed by atoms with Crippen molar-refractivity contribution in [3.05, 3.63) is 95.4 Å². The smallest absolute Gasteiger partial charge is 0.270 e. The molecule has 6 heteroatoms. The van der Waals surface area contributed by atoms with Gasteiger partial charge in [0.1, 0.15) is 11.5 Å². The van der Waals surface area contributed by atoms with Gasteiger partial charge in [0.2, 0.25) is 0 Å². The third kappa shape index (κ3) is 5.58. The molecule has 0 unspecified atom stereocenters. The summed E-state index contributed by atoms with van der Waals surface area (Å²) in [5, 5.41) is 0. The fraction of sp³-hybridized carbons (Fsp3) is 0.154. The Labute approximate surface area is 197 Å². The van der Waals surface area contributed by atoms with Gasteiger partial charge >= 0.3 is 0 Å². The Balaban J connectivity index is 1.32. The highest BCUT2D eigenvalue weighted by atomic mass is 32.2. The first-order chi connectivity index (χ1) is 15.6. The number of ether oxygens (including phenoxy) is 2. The van der Waals surface area contributed by atoms with Crippen LogP contribution in [0.5, 0.6) is 11.5 Å². The molecule has 4 nitrogen and oxygen atoms in total. The van der Waals surface area contributed by atoms with Crippen LogP contribution in [0.1, 0.15) is 12.5 Å². The van der Waals surface area contributed by atoms with Crippen molar-refractivity contribution in [3.63, 3.8) is 0 Å². The van der Waals surface area contributed by atoms with Gasteiger partial charge in [0, 0.05) is 5.92 Å². The first-order valence-corrected chi connectivity index (χ1v) is 11.6. The van der Waals surface area contributed by atoms with Crippen LogP contribution < -0.4 is 14.4 Å². The molecule has 1 aliphatic rings. The maximum Gasteiger partial charge on any atom is 0.270 e. The first kappa shape index (κ1) is 22.1. The average molecular weight is 462 g/mol. The average Bonchev–Trinajstić information content (AvgIpc) is 3.11. The topological polar surface area (TPSA) is 38.8 Å². The zero-order valence-corrected chi connectivity index (χ0v) is 19.3. The maximum absolute atomic E-state index is 12.8. The third-order valence-electron chi connectivity index (χ3n) is 4.80. The number of hydrogen-bond donors (Lipinski definition) is 0. The van der Waals surface area contributed by atoms with Crippen molar-refractivity contribution >= 4 is 46.0 Å². The summed E-state index contributed by atoms with van der Waals surface area (Å²) < 4.78 is 12.2. The van der Waals surface area contributed by atoms with Crippen molar-refractivity contribution < 1.29 is 14.3 Å². The van der Waals surface area contributed by atoms with E-state index in [1.54, 1.807) is 4.90 Å². The number of carbonyl (C=O) groups excluding carboxylic acids is 1. The monoisotopic (exact) mass is 461 g/mol. The fourth-order valence-corrected chi connectivity index (χ4v) is 4.42. The van der Waals surface area contributed by atoms with E-state index in [0.717, 1.165) is 22.7 Å². The first-order valence-electron chi connectivity index (χ1n) is 10.3. The minimum Gasteiger partial charge on any atom is -0.493 e. The molecule has 1 saturated heterocycles. The lowest BCUT2D eigenvalue weighted by atomic mass is 10.2. The Bertz CT molecular complexity index is 1100. The van der Waals surface area contributed by atoms with Crippen LogP contribution in [0.15, 0.2) is 89.8 Å². The highest BCUT2D eigenvalue weighted by Gasteiger charge is 2.33. The van der Waals surface area contributed by atoms with E-state index in [9.17, 15) is 4.79 Å². The minimum absolute atomic E-state index is 0.0984. The molecule has 1 atom stereocenters. The number of thiocarbonyl (C=S) groups is 1. The van der Waals surface area contributed by atoms with Crippen LogP contribution in [0, 0.1) is 5.92 Å². The second kappa shape index (κ2) is 10.5. The van der Waals surface area contributed by atoms with Gasteiger partial charge in [0.25, 0.3) is 5.91 Å². The van der Waals surface area contributed by atoms with Crippen LogP contribution in [0.3, 0.4) is 0 Å². The lowest BCUT2D eigenvalue weighted by Gasteiger charge is -2.14. The van der Waals surface area contributed by atoms with E-state index in [1.807, 2.05) is 91.0 Å². The van der Waals surface area contributed by atoms with Gasteiger partial charge in [-0.2, -0.15) is 0 Å². The van der Waals surface area contributed by atoms with Crippen molar-refractivity contribution in [1.82, 2.24) is 0 Å². The summed E-state index contributed by atoms with van der Waals surface area (Å²) >= 11 is 6.74. The van der Waals surface area contributed by atoms with Gasteiger partial charge < -0.3 is 9.47 Å². The van der Waals surface area contributed by atoms with E-state index in [0.29, 0.717) is 22.4 Å². The lowest BCUT2D eigenvalue weighted by molar-refractivity contribution is -0.113. The zero-order chi connectivity index (χ0) is 22.3. The fourth-order valence-electron chi connectivity index (χ4n) is 3.12. The molecule has 0 radical (unpaired) electrons. The Morgan fingerprint density at radius 3 is 2.06 bits per heavy atom. The minimum atomic E-state index is -0.0984. The van der Waals surface area contributed by atoms with Crippen molar-refractivity contribution in [2.45, 2.75) is 6.92 Å². The van der Waals surface area contributed by atoms with Gasteiger partial charge in [-0.05, 0) is 48.0 Å². The lowest BCUT2D eigenvalue weighted by Crippen LogP contribution is -2.27. The number of amides is 1. The molecular weight excluding hydrogens is 438 g/mol. The summed E-state index contributed by atoms with van der Waals surface area (Å²) in [7, 11) is 0. The summed E-state index contributed by atoms with van der Waals surface area (Å²) in [6.07, 6.45) is 1.86. The number of hydrogen-bond acceptors (Lipinski definition) is 5. The normalized spacial score (nSPS) is 15.8. The molecular formula is C26H23NO3S2. The molecule has 1 amide bonds. The predicted octanol–water partition coefficient (Wildman–Crippen LogP) is 6.19. The van der Waals surface area contributed by atoms with Crippen molar-refractivity contribution in [2.75, 3.05) is 18.1 Å². The van der Waals surface area contributed by atoms with Crippen LogP contribution in [-0.2, 0) is 4.79 Å². The molecule has 4 rings (SSSR count). The van der Waals surface area contributed by atoms with Gasteiger partial charge in [-0.3, -0.25) is 9.69 Å². The number of para-hydroxylation sites is 2. The van der Waals surface area contributed by atoms with Crippen LogP contribution in [0.25, 0.3) is 6.08 Å². The molecule has 1 aliphatic heterocycles. The number of anilines is 1. The molecule has 0 bridgehead atoms. The Kier molecular flexibility index (Phi) is 7.24. The molecule has 0 spiro atoms. The molecule has 3 aromatic rings. The maximum atomic E-state index is 12.8. The number of thioether (sulfide) groups is 1. The third-order valence-corrected chi connectivity index (χ3v) is 6.10. The number of rotatable bonds is 8. The van der Waals surface area contributed by atoms with Crippen LogP contribution in [0.2, 0.25) is 0 Å². The van der Waals surface area contributed by atoms with Crippen molar-refractivity contribution in [2.24, 2.45) is 5.92 Å². The van der Waals surface area contributed by atoms with E-state index >= 15 is 0 Å². The predicted molar refractivity (Wildman–Crippen MR) is 135 cm³/mol. The molecule has 0 aliphatic carbocycles. The Morgan fingerprint density at radius 2 is 1.44 bits per heavy atom. The standard InChI is InChI=1S/C26H23NO3S2/c1-19(17-29-22-10-6-3-7-11-22)18-30-23-14-12-20(13-15-23)16-24-25(28)27(26(31)32-24)21-8-4-2-5-9-21/h2-16,19H,17-18H2,1H3/b24-16-/t19-/m1/s1. The van der Waals surface area contributed by atoms with Gasteiger partial charge in [0.15, 0.2) is 4.32 Å². The van der Waals surface area contributed by atoms with Crippen molar-refractivity contribution in [1.29, 1.82) is 0 Å².